The van der Waals surface area contributed by atoms with E-state index in [-0.39, 0.29) is 17.9 Å². The number of carbonyl (C=O) groups is 2. The third kappa shape index (κ3) is 5.41. The summed E-state index contributed by atoms with van der Waals surface area (Å²) in [4.78, 5) is 25.3. The zero-order valence-electron chi connectivity index (χ0n) is 14.0. The molecular formula is C19H22N2O3S. The van der Waals surface area contributed by atoms with Crippen LogP contribution >= 0.6 is 11.3 Å². The quantitative estimate of drug-likeness (QED) is 0.790. The van der Waals surface area contributed by atoms with E-state index in [2.05, 4.69) is 22.1 Å². The highest BCUT2D eigenvalue weighted by Gasteiger charge is 2.23. The third-order valence-electron chi connectivity index (χ3n) is 4.07. The lowest BCUT2D eigenvalue weighted by Gasteiger charge is -2.11. The predicted octanol–water partition coefficient (Wildman–Crippen LogP) is 3.83. The molecule has 1 aromatic heterocycles. The summed E-state index contributed by atoms with van der Waals surface area (Å²) in [5.74, 6) is -0.101. The fourth-order valence-electron chi connectivity index (χ4n) is 2.75. The molecular weight excluding hydrogens is 336 g/mol. The molecule has 1 atom stereocenters. The highest BCUT2D eigenvalue weighted by atomic mass is 32.1. The van der Waals surface area contributed by atoms with Crippen molar-refractivity contribution in [2.45, 2.75) is 38.2 Å². The summed E-state index contributed by atoms with van der Waals surface area (Å²) >= 11 is 1.72. The van der Waals surface area contributed by atoms with Gasteiger partial charge in [-0.2, -0.15) is 0 Å². The van der Waals surface area contributed by atoms with Gasteiger partial charge < -0.3 is 15.4 Å². The number of anilines is 2. The van der Waals surface area contributed by atoms with E-state index in [9.17, 15) is 9.59 Å². The van der Waals surface area contributed by atoms with E-state index < -0.39 is 0 Å². The topological polar surface area (TPSA) is 67.4 Å². The molecule has 0 radical (unpaired) electrons. The number of nitrogens with one attached hydrogen (secondary N) is 2. The van der Waals surface area contributed by atoms with Crippen LogP contribution in [-0.2, 0) is 20.7 Å². The van der Waals surface area contributed by atoms with Crippen molar-refractivity contribution in [2.24, 2.45) is 0 Å². The van der Waals surface area contributed by atoms with Crippen molar-refractivity contribution < 1.29 is 14.3 Å². The molecule has 2 amide bonds. The van der Waals surface area contributed by atoms with Gasteiger partial charge in [0.25, 0.3) is 5.91 Å². The second kappa shape index (κ2) is 8.78. The molecule has 6 heteroatoms. The van der Waals surface area contributed by atoms with Crippen LogP contribution in [0.15, 0.2) is 41.8 Å². The van der Waals surface area contributed by atoms with Gasteiger partial charge in [0.15, 0.2) is 0 Å². The first-order valence-electron chi connectivity index (χ1n) is 8.55. The Labute approximate surface area is 151 Å². The Hall–Kier alpha value is -2.18. The normalized spacial score (nSPS) is 16.6. The van der Waals surface area contributed by atoms with Gasteiger partial charge in [-0.25, -0.2) is 0 Å². The number of amides is 2. The molecule has 2 aromatic rings. The van der Waals surface area contributed by atoms with Crippen LogP contribution in [-0.4, -0.2) is 24.5 Å². The van der Waals surface area contributed by atoms with Gasteiger partial charge in [-0.15, -0.1) is 11.3 Å². The fourth-order valence-corrected chi connectivity index (χ4v) is 3.50. The maximum absolute atomic E-state index is 12.0. The average molecular weight is 358 g/mol. The Morgan fingerprint density at radius 3 is 2.52 bits per heavy atom. The number of benzene rings is 1. The van der Waals surface area contributed by atoms with Gasteiger partial charge >= 0.3 is 0 Å². The van der Waals surface area contributed by atoms with Crippen LogP contribution in [0.4, 0.5) is 11.4 Å². The minimum absolute atomic E-state index is 0.00713. The van der Waals surface area contributed by atoms with Crippen LogP contribution in [0.25, 0.3) is 0 Å². The summed E-state index contributed by atoms with van der Waals surface area (Å²) in [7, 11) is 0. The molecule has 0 aliphatic carbocycles. The Balaban J connectivity index is 1.42. The largest absolute Gasteiger partial charge is 0.368 e. The van der Waals surface area contributed by atoms with Crippen LogP contribution in [0.2, 0.25) is 0 Å². The molecule has 0 bridgehead atoms. The summed E-state index contributed by atoms with van der Waals surface area (Å²) in [5.41, 5.74) is 1.44. The van der Waals surface area contributed by atoms with Gasteiger partial charge in [0, 0.05) is 29.3 Å². The third-order valence-corrected chi connectivity index (χ3v) is 5.00. The molecule has 5 nitrogen and oxygen atoms in total. The number of aryl methyl sites for hydroxylation is 1. The predicted molar refractivity (Wildman–Crippen MR) is 99.9 cm³/mol. The standard InChI is InChI=1S/C19H22N2O3S/c22-18(7-1-4-16-5-3-13-25-16)20-14-8-10-15(11-9-14)21-19(23)17-6-2-12-24-17/h3,5,8-11,13,17H,1-2,4,6-7,12H2,(H,20,22)(H,21,23)/t17-/m1/s1. The summed E-state index contributed by atoms with van der Waals surface area (Å²) in [6, 6.07) is 11.3. The molecule has 1 saturated heterocycles. The molecule has 0 spiro atoms. The molecule has 0 unspecified atom stereocenters. The fraction of sp³-hybridized carbons (Fsp3) is 0.368. The SMILES string of the molecule is O=C(CCCc1cccs1)Nc1ccc(NC(=O)[C@H]2CCCO2)cc1. The second-order valence-corrected chi connectivity index (χ2v) is 7.08. The van der Waals surface area contributed by atoms with Gasteiger partial charge in [0.05, 0.1) is 0 Å². The Bertz CT molecular complexity index is 692. The first kappa shape index (κ1) is 17.6. The Morgan fingerprint density at radius 2 is 1.88 bits per heavy atom. The van der Waals surface area contributed by atoms with Crippen molar-refractivity contribution in [1.29, 1.82) is 0 Å². The number of hydrogen-bond acceptors (Lipinski definition) is 4. The monoisotopic (exact) mass is 358 g/mol. The zero-order chi connectivity index (χ0) is 17.5. The minimum atomic E-state index is -0.345. The number of thiophene rings is 1. The van der Waals surface area contributed by atoms with Crippen LogP contribution in [0.3, 0.4) is 0 Å². The maximum Gasteiger partial charge on any atom is 0.253 e. The lowest BCUT2D eigenvalue weighted by Crippen LogP contribution is -2.26. The lowest BCUT2D eigenvalue weighted by molar-refractivity contribution is -0.124. The van der Waals surface area contributed by atoms with Gasteiger partial charge in [-0.3, -0.25) is 9.59 Å². The lowest BCUT2D eigenvalue weighted by atomic mass is 10.2. The molecule has 1 aliphatic heterocycles. The van der Waals surface area contributed by atoms with E-state index in [1.807, 2.05) is 6.07 Å². The zero-order valence-corrected chi connectivity index (χ0v) is 14.8. The van der Waals surface area contributed by atoms with E-state index in [0.29, 0.717) is 18.7 Å². The van der Waals surface area contributed by atoms with Gasteiger partial charge in [0.2, 0.25) is 5.91 Å². The molecule has 0 saturated carbocycles. The molecule has 2 N–H and O–H groups in total. The molecule has 3 rings (SSSR count). The molecule has 2 heterocycles. The number of rotatable bonds is 7. The first-order valence-corrected chi connectivity index (χ1v) is 9.43. The summed E-state index contributed by atoms with van der Waals surface area (Å²) in [6.07, 6.45) is 3.61. The summed E-state index contributed by atoms with van der Waals surface area (Å²) in [5, 5.41) is 7.77. The van der Waals surface area contributed by atoms with Crippen LogP contribution in [0, 0.1) is 0 Å². The van der Waals surface area contributed by atoms with Crippen molar-refractivity contribution in [3.8, 4) is 0 Å². The number of ether oxygens (including phenoxy) is 1. The van der Waals surface area contributed by atoms with E-state index in [1.54, 1.807) is 35.6 Å². The molecule has 132 valence electrons. The van der Waals surface area contributed by atoms with E-state index in [0.717, 1.165) is 31.4 Å². The molecule has 1 aliphatic rings. The van der Waals surface area contributed by atoms with Crippen molar-refractivity contribution in [1.82, 2.24) is 0 Å². The summed E-state index contributed by atoms with van der Waals surface area (Å²) < 4.78 is 5.36. The van der Waals surface area contributed by atoms with Crippen LogP contribution in [0.5, 0.6) is 0 Å². The highest BCUT2D eigenvalue weighted by Crippen LogP contribution is 2.18. The Morgan fingerprint density at radius 1 is 1.12 bits per heavy atom. The smallest absolute Gasteiger partial charge is 0.253 e. The van der Waals surface area contributed by atoms with Gasteiger partial charge in [0.1, 0.15) is 6.10 Å². The van der Waals surface area contributed by atoms with E-state index in [1.165, 1.54) is 4.88 Å². The van der Waals surface area contributed by atoms with Crippen LogP contribution < -0.4 is 10.6 Å². The van der Waals surface area contributed by atoms with E-state index >= 15 is 0 Å². The number of carbonyl (C=O) groups excluding carboxylic acids is 2. The molecule has 25 heavy (non-hydrogen) atoms. The second-order valence-electron chi connectivity index (χ2n) is 6.05. The molecule has 1 aromatic carbocycles. The highest BCUT2D eigenvalue weighted by molar-refractivity contribution is 7.09. The van der Waals surface area contributed by atoms with Gasteiger partial charge in [-0.05, 0) is 61.4 Å². The van der Waals surface area contributed by atoms with Crippen molar-refractivity contribution >= 4 is 34.5 Å². The average Bonchev–Trinajstić information content (AvgIpc) is 3.30. The first-order chi connectivity index (χ1) is 12.2. The van der Waals surface area contributed by atoms with Crippen molar-refractivity contribution in [3.05, 3.63) is 46.7 Å². The van der Waals surface area contributed by atoms with Crippen LogP contribution in [0.1, 0.15) is 30.6 Å². The van der Waals surface area contributed by atoms with E-state index in [4.69, 9.17) is 4.74 Å². The minimum Gasteiger partial charge on any atom is -0.368 e. The van der Waals surface area contributed by atoms with Crippen molar-refractivity contribution in [3.63, 3.8) is 0 Å². The maximum atomic E-state index is 12.0. The van der Waals surface area contributed by atoms with Gasteiger partial charge in [-0.1, -0.05) is 6.07 Å². The van der Waals surface area contributed by atoms with Crippen molar-refractivity contribution in [2.75, 3.05) is 17.2 Å². The molecule has 1 fully saturated rings. The summed E-state index contributed by atoms with van der Waals surface area (Å²) in [6.45, 7) is 0.648. The Kier molecular flexibility index (Phi) is 6.19. The number of hydrogen-bond donors (Lipinski definition) is 2.